The van der Waals surface area contributed by atoms with Crippen LogP contribution in [0.5, 0.6) is 0 Å². The average Bonchev–Trinajstić information content (AvgIpc) is 2.18. The Balaban J connectivity index is 3.33. The fourth-order valence-corrected chi connectivity index (χ4v) is 1.74. The van der Waals surface area contributed by atoms with Crippen LogP contribution in [0.15, 0.2) is 41.1 Å². The SMILES string of the molecule is C=CS(=O)(=O)c1cccc(C(C)=O)c1. The van der Waals surface area contributed by atoms with Gasteiger partial charge in [0.2, 0.25) is 0 Å². The Morgan fingerprint density at radius 3 is 2.57 bits per heavy atom. The molecule has 3 nitrogen and oxygen atoms in total. The second-order valence-corrected chi connectivity index (χ2v) is 4.69. The van der Waals surface area contributed by atoms with Crippen LogP contribution in [0.2, 0.25) is 0 Å². The summed E-state index contributed by atoms with van der Waals surface area (Å²) in [6, 6.07) is 5.89. The molecule has 0 aromatic heterocycles. The molecular formula is C10H10O3S. The Labute approximate surface area is 83.0 Å². The molecule has 1 aromatic carbocycles. The van der Waals surface area contributed by atoms with E-state index in [0.29, 0.717) is 5.56 Å². The molecule has 74 valence electrons. The lowest BCUT2D eigenvalue weighted by molar-refractivity contribution is 0.101. The van der Waals surface area contributed by atoms with E-state index >= 15 is 0 Å². The van der Waals surface area contributed by atoms with Crippen molar-refractivity contribution in [1.29, 1.82) is 0 Å². The first kappa shape index (κ1) is 10.7. The molecule has 0 amide bonds. The van der Waals surface area contributed by atoms with E-state index in [9.17, 15) is 13.2 Å². The normalized spacial score (nSPS) is 10.9. The van der Waals surface area contributed by atoms with Crippen LogP contribution >= 0.6 is 0 Å². The summed E-state index contributed by atoms with van der Waals surface area (Å²) in [5.41, 5.74) is 0.382. The van der Waals surface area contributed by atoms with Crippen molar-refractivity contribution in [2.45, 2.75) is 11.8 Å². The van der Waals surface area contributed by atoms with Gasteiger partial charge in [-0.1, -0.05) is 18.7 Å². The van der Waals surface area contributed by atoms with Gasteiger partial charge >= 0.3 is 0 Å². The molecule has 0 unspecified atom stereocenters. The average molecular weight is 210 g/mol. The summed E-state index contributed by atoms with van der Waals surface area (Å²) in [5, 5.41) is 0.867. The maximum atomic E-state index is 11.3. The van der Waals surface area contributed by atoms with E-state index in [1.807, 2.05) is 0 Å². The first-order valence-corrected chi connectivity index (χ1v) is 5.50. The van der Waals surface area contributed by atoms with Crippen molar-refractivity contribution >= 4 is 15.6 Å². The van der Waals surface area contributed by atoms with Crippen molar-refractivity contribution < 1.29 is 13.2 Å². The molecule has 0 saturated carbocycles. The van der Waals surface area contributed by atoms with Crippen molar-refractivity contribution in [3.8, 4) is 0 Å². The summed E-state index contributed by atoms with van der Waals surface area (Å²) in [5.74, 6) is -0.161. The number of rotatable bonds is 3. The highest BCUT2D eigenvalue weighted by atomic mass is 32.2. The van der Waals surface area contributed by atoms with Gasteiger partial charge in [-0.2, -0.15) is 0 Å². The lowest BCUT2D eigenvalue weighted by atomic mass is 10.2. The standard InChI is InChI=1S/C10H10O3S/c1-3-14(12,13)10-6-4-5-9(7-10)8(2)11/h3-7H,1H2,2H3. The molecule has 0 aliphatic rings. The molecule has 14 heavy (non-hydrogen) atoms. The molecule has 0 fully saturated rings. The van der Waals surface area contributed by atoms with E-state index < -0.39 is 9.84 Å². The van der Waals surface area contributed by atoms with Gasteiger partial charge in [-0.05, 0) is 19.1 Å². The Bertz CT molecular complexity index is 472. The summed E-state index contributed by atoms with van der Waals surface area (Å²) in [6.45, 7) is 4.60. The molecule has 0 bridgehead atoms. The molecule has 0 heterocycles. The van der Waals surface area contributed by atoms with E-state index in [0.717, 1.165) is 5.41 Å². The highest BCUT2D eigenvalue weighted by molar-refractivity contribution is 7.94. The van der Waals surface area contributed by atoms with Gasteiger partial charge in [0.1, 0.15) is 0 Å². The van der Waals surface area contributed by atoms with Crippen LogP contribution in [-0.2, 0) is 9.84 Å². The van der Waals surface area contributed by atoms with Crippen LogP contribution in [0.4, 0.5) is 0 Å². The van der Waals surface area contributed by atoms with Crippen LogP contribution in [0.1, 0.15) is 17.3 Å². The first-order valence-electron chi connectivity index (χ1n) is 3.96. The second kappa shape index (κ2) is 3.75. The van der Waals surface area contributed by atoms with E-state index in [-0.39, 0.29) is 10.7 Å². The number of carbonyl (C=O) groups excluding carboxylic acids is 1. The number of sulfone groups is 1. The van der Waals surface area contributed by atoms with Gasteiger partial charge in [-0.25, -0.2) is 8.42 Å². The van der Waals surface area contributed by atoms with Gasteiger partial charge in [-0.3, -0.25) is 4.79 Å². The Hall–Kier alpha value is -1.42. The van der Waals surface area contributed by atoms with Crippen LogP contribution in [0.3, 0.4) is 0 Å². The van der Waals surface area contributed by atoms with Crippen molar-refractivity contribution in [1.82, 2.24) is 0 Å². The molecule has 0 aliphatic heterocycles. The van der Waals surface area contributed by atoms with Gasteiger partial charge in [0.15, 0.2) is 15.6 Å². The quantitative estimate of drug-likeness (QED) is 0.715. The zero-order chi connectivity index (χ0) is 10.8. The topological polar surface area (TPSA) is 51.2 Å². The predicted octanol–water partition coefficient (Wildman–Crippen LogP) is 1.81. The number of carbonyl (C=O) groups is 1. The maximum Gasteiger partial charge on any atom is 0.199 e. The number of hydrogen-bond acceptors (Lipinski definition) is 3. The van der Waals surface area contributed by atoms with Gasteiger partial charge < -0.3 is 0 Å². The molecule has 0 saturated heterocycles. The van der Waals surface area contributed by atoms with Crippen molar-refractivity contribution in [3.63, 3.8) is 0 Å². The third-order valence-electron chi connectivity index (χ3n) is 1.79. The number of hydrogen-bond donors (Lipinski definition) is 0. The molecule has 0 N–H and O–H groups in total. The predicted molar refractivity (Wildman–Crippen MR) is 53.8 cm³/mol. The zero-order valence-electron chi connectivity index (χ0n) is 7.73. The highest BCUT2D eigenvalue weighted by Gasteiger charge is 2.10. The Kier molecular flexibility index (Phi) is 2.86. The summed E-state index contributed by atoms with van der Waals surface area (Å²) in [7, 11) is -3.44. The largest absolute Gasteiger partial charge is 0.295 e. The van der Waals surface area contributed by atoms with E-state index in [2.05, 4.69) is 6.58 Å². The minimum atomic E-state index is -3.44. The van der Waals surface area contributed by atoms with E-state index in [1.54, 1.807) is 6.07 Å². The summed E-state index contributed by atoms with van der Waals surface area (Å²) >= 11 is 0. The minimum absolute atomic E-state index is 0.0974. The number of ketones is 1. The fraction of sp³-hybridized carbons (Fsp3) is 0.100. The molecule has 4 heteroatoms. The minimum Gasteiger partial charge on any atom is -0.295 e. The van der Waals surface area contributed by atoms with Crippen LogP contribution in [-0.4, -0.2) is 14.2 Å². The third kappa shape index (κ3) is 2.09. The molecule has 1 aromatic rings. The fourth-order valence-electron chi connectivity index (χ4n) is 0.988. The molecule has 1 rings (SSSR count). The van der Waals surface area contributed by atoms with Crippen LogP contribution < -0.4 is 0 Å². The summed E-state index contributed by atoms with van der Waals surface area (Å²) in [4.78, 5) is 11.1. The second-order valence-electron chi connectivity index (χ2n) is 2.80. The Morgan fingerprint density at radius 1 is 1.43 bits per heavy atom. The molecule has 0 spiro atoms. The molecule has 0 radical (unpaired) electrons. The van der Waals surface area contributed by atoms with Crippen LogP contribution in [0, 0.1) is 0 Å². The van der Waals surface area contributed by atoms with Crippen molar-refractivity contribution in [3.05, 3.63) is 41.8 Å². The maximum absolute atomic E-state index is 11.3. The van der Waals surface area contributed by atoms with Crippen molar-refractivity contribution in [2.24, 2.45) is 0 Å². The smallest absolute Gasteiger partial charge is 0.199 e. The van der Waals surface area contributed by atoms with E-state index in [4.69, 9.17) is 0 Å². The highest BCUT2D eigenvalue weighted by Crippen LogP contribution is 2.13. The number of benzene rings is 1. The van der Waals surface area contributed by atoms with Gasteiger partial charge in [0, 0.05) is 11.0 Å². The zero-order valence-corrected chi connectivity index (χ0v) is 8.54. The first-order chi connectivity index (χ1) is 6.47. The Morgan fingerprint density at radius 2 is 2.07 bits per heavy atom. The lowest BCUT2D eigenvalue weighted by Crippen LogP contribution is -1.98. The van der Waals surface area contributed by atoms with Gasteiger partial charge in [-0.15, -0.1) is 0 Å². The summed E-state index contributed by atoms with van der Waals surface area (Å²) in [6.07, 6.45) is 0. The van der Waals surface area contributed by atoms with E-state index in [1.165, 1.54) is 25.1 Å². The molecule has 0 aliphatic carbocycles. The van der Waals surface area contributed by atoms with Gasteiger partial charge in [0.25, 0.3) is 0 Å². The lowest BCUT2D eigenvalue weighted by Gasteiger charge is -2.00. The third-order valence-corrected chi connectivity index (χ3v) is 3.14. The van der Waals surface area contributed by atoms with Gasteiger partial charge in [0.05, 0.1) is 4.90 Å². The monoisotopic (exact) mass is 210 g/mol. The molecule has 0 atom stereocenters. The number of Topliss-reactive ketones (excluding diaryl/α,β-unsaturated/α-hetero) is 1. The van der Waals surface area contributed by atoms with Crippen molar-refractivity contribution in [2.75, 3.05) is 0 Å². The molecular weight excluding hydrogens is 200 g/mol. The van der Waals surface area contributed by atoms with Crippen LogP contribution in [0.25, 0.3) is 0 Å². The summed E-state index contributed by atoms with van der Waals surface area (Å²) < 4.78 is 22.7.